The SMILES string of the molecule is CN=C(NCCOCc1ccccc1)NCc1ccc(F)c(C)c1. The van der Waals surface area contributed by atoms with Crippen LogP contribution in [0, 0.1) is 12.7 Å². The van der Waals surface area contributed by atoms with Gasteiger partial charge in [-0.1, -0.05) is 42.5 Å². The lowest BCUT2D eigenvalue weighted by atomic mass is 10.1. The van der Waals surface area contributed by atoms with Crippen LogP contribution >= 0.6 is 0 Å². The van der Waals surface area contributed by atoms with E-state index in [1.807, 2.05) is 36.4 Å². The fraction of sp³-hybridized carbons (Fsp3) is 0.316. The molecule has 0 aromatic heterocycles. The monoisotopic (exact) mass is 329 g/mol. The first-order valence-electron chi connectivity index (χ1n) is 8.00. The highest BCUT2D eigenvalue weighted by atomic mass is 19.1. The summed E-state index contributed by atoms with van der Waals surface area (Å²) in [6.07, 6.45) is 0. The van der Waals surface area contributed by atoms with Crippen molar-refractivity contribution >= 4 is 5.96 Å². The minimum Gasteiger partial charge on any atom is -0.375 e. The van der Waals surface area contributed by atoms with Gasteiger partial charge in [-0.15, -0.1) is 0 Å². The largest absolute Gasteiger partial charge is 0.375 e. The molecule has 24 heavy (non-hydrogen) atoms. The Morgan fingerprint density at radius 3 is 2.58 bits per heavy atom. The molecule has 0 aliphatic heterocycles. The zero-order chi connectivity index (χ0) is 17.2. The molecular weight excluding hydrogens is 305 g/mol. The molecule has 0 heterocycles. The predicted octanol–water partition coefficient (Wildman–Crippen LogP) is 3.02. The van der Waals surface area contributed by atoms with Crippen LogP contribution < -0.4 is 10.6 Å². The topological polar surface area (TPSA) is 45.7 Å². The normalized spacial score (nSPS) is 11.4. The van der Waals surface area contributed by atoms with Gasteiger partial charge in [0.2, 0.25) is 0 Å². The molecule has 0 aliphatic carbocycles. The number of nitrogens with one attached hydrogen (secondary N) is 2. The molecule has 128 valence electrons. The third-order valence-corrected chi connectivity index (χ3v) is 3.56. The van der Waals surface area contributed by atoms with Gasteiger partial charge in [-0.25, -0.2) is 4.39 Å². The molecule has 0 saturated carbocycles. The van der Waals surface area contributed by atoms with Crippen LogP contribution in [0.15, 0.2) is 53.5 Å². The molecule has 0 bridgehead atoms. The smallest absolute Gasteiger partial charge is 0.191 e. The number of aliphatic imine (C=N–C) groups is 1. The van der Waals surface area contributed by atoms with Gasteiger partial charge in [-0.2, -0.15) is 0 Å². The number of benzene rings is 2. The number of rotatable bonds is 7. The van der Waals surface area contributed by atoms with E-state index in [1.165, 1.54) is 6.07 Å². The summed E-state index contributed by atoms with van der Waals surface area (Å²) in [5.74, 6) is 0.511. The molecule has 2 aromatic rings. The Balaban J connectivity index is 1.66. The van der Waals surface area contributed by atoms with Crippen LogP contribution in [0.5, 0.6) is 0 Å². The van der Waals surface area contributed by atoms with Crippen LogP contribution in [0.4, 0.5) is 4.39 Å². The van der Waals surface area contributed by atoms with E-state index in [2.05, 4.69) is 15.6 Å². The maximum absolute atomic E-state index is 13.3. The molecule has 2 aromatic carbocycles. The Bertz CT molecular complexity index is 659. The standard InChI is InChI=1S/C19H24FN3O/c1-15-12-17(8-9-18(15)20)13-23-19(21-2)22-10-11-24-14-16-6-4-3-5-7-16/h3-9,12H,10-11,13-14H2,1-2H3,(H2,21,22,23). The minimum absolute atomic E-state index is 0.183. The van der Waals surface area contributed by atoms with E-state index in [9.17, 15) is 4.39 Å². The molecule has 0 radical (unpaired) electrons. The molecule has 0 aliphatic rings. The summed E-state index contributed by atoms with van der Waals surface area (Å²) in [5.41, 5.74) is 2.82. The van der Waals surface area contributed by atoms with Crippen LogP contribution in [0.2, 0.25) is 0 Å². The van der Waals surface area contributed by atoms with E-state index in [-0.39, 0.29) is 5.82 Å². The highest BCUT2D eigenvalue weighted by Gasteiger charge is 2.01. The van der Waals surface area contributed by atoms with Gasteiger partial charge in [-0.3, -0.25) is 4.99 Å². The Labute approximate surface area is 142 Å². The second kappa shape index (κ2) is 9.67. The molecule has 0 atom stereocenters. The van der Waals surface area contributed by atoms with E-state index < -0.39 is 0 Å². The highest BCUT2D eigenvalue weighted by Crippen LogP contribution is 2.08. The number of nitrogens with zero attached hydrogens (tertiary/aromatic N) is 1. The van der Waals surface area contributed by atoms with E-state index in [0.29, 0.717) is 37.8 Å². The van der Waals surface area contributed by atoms with Crippen molar-refractivity contribution in [3.05, 3.63) is 71.0 Å². The molecule has 0 unspecified atom stereocenters. The lowest BCUT2D eigenvalue weighted by Crippen LogP contribution is -2.38. The number of guanidine groups is 1. The van der Waals surface area contributed by atoms with Crippen molar-refractivity contribution in [2.24, 2.45) is 4.99 Å². The molecule has 2 N–H and O–H groups in total. The fourth-order valence-electron chi connectivity index (χ4n) is 2.23. The summed E-state index contributed by atoms with van der Waals surface area (Å²) in [5, 5.41) is 6.39. The Hall–Kier alpha value is -2.40. The van der Waals surface area contributed by atoms with Crippen molar-refractivity contribution in [2.45, 2.75) is 20.1 Å². The second-order valence-electron chi connectivity index (χ2n) is 5.47. The summed E-state index contributed by atoms with van der Waals surface area (Å²) >= 11 is 0. The summed E-state index contributed by atoms with van der Waals surface area (Å²) < 4.78 is 18.9. The molecule has 0 spiro atoms. The van der Waals surface area contributed by atoms with Crippen molar-refractivity contribution < 1.29 is 9.13 Å². The zero-order valence-corrected chi connectivity index (χ0v) is 14.2. The number of aryl methyl sites for hydroxylation is 1. The van der Waals surface area contributed by atoms with Crippen molar-refractivity contribution in [3.8, 4) is 0 Å². The van der Waals surface area contributed by atoms with Crippen molar-refractivity contribution in [2.75, 3.05) is 20.2 Å². The maximum atomic E-state index is 13.3. The van der Waals surface area contributed by atoms with Gasteiger partial charge < -0.3 is 15.4 Å². The summed E-state index contributed by atoms with van der Waals surface area (Å²) in [6.45, 7) is 4.20. The number of halogens is 1. The predicted molar refractivity (Wildman–Crippen MR) is 95.4 cm³/mol. The lowest BCUT2D eigenvalue weighted by Gasteiger charge is -2.12. The average Bonchev–Trinajstić information content (AvgIpc) is 2.61. The second-order valence-corrected chi connectivity index (χ2v) is 5.47. The summed E-state index contributed by atoms with van der Waals surface area (Å²) in [7, 11) is 1.72. The van der Waals surface area contributed by atoms with E-state index in [0.717, 1.165) is 11.1 Å². The van der Waals surface area contributed by atoms with Gasteiger partial charge in [0.15, 0.2) is 5.96 Å². The van der Waals surface area contributed by atoms with Crippen molar-refractivity contribution in [1.29, 1.82) is 0 Å². The number of hydrogen-bond donors (Lipinski definition) is 2. The third-order valence-electron chi connectivity index (χ3n) is 3.56. The van der Waals surface area contributed by atoms with Crippen LogP contribution in [0.25, 0.3) is 0 Å². The van der Waals surface area contributed by atoms with Gasteiger partial charge in [0.25, 0.3) is 0 Å². The summed E-state index contributed by atoms with van der Waals surface area (Å²) in [6, 6.07) is 15.2. The molecule has 2 rings (SSSR count). The van der Waals surface area contributed by atoms with Crippen LogP contribution in [0.1, 0.15) is 16.7 Å². The average molecular weight is 329 g/mol. The lowest BCUT2D eigenvalue weighted by molar-refractivity contribution is 0.125. The van der Waals surface area contributed by atoms with Crippen LogP contribution in [-0.4, -0.2) is 26.2 Å². The van der Waals surface area contributed by atoms with Crippen LogP contribution in [-0.2, 0) is 17.9 Å². The molecule has 4 nitrogen and oxygen atoms in total. The first kappa shape index (κ1) is 17.9. The van der Waals surface area contributed by atoms with E-state index in [4.69, 9.17) is 4.74 Å². The molecule has 5 heteroatoms. The molecule has 0 amide bonds. The quantitative estimate of drug-likeness (QED) is 0.466. The molecule has 0 fully saturated rings. The van der Waals surface area contributed by atoms with E-state index in [1.54, 1.807) is 20.0 Å². The van der Waals surface area contributed by atoms with Gasteiger partial charge in [0, 0.05) is 20.1 Å². The van der Waals surface area contributed by atoms with Crippen LogP contribution in [0.3, 0.4) is 0 Å². The first-order valence-corrected chi connectivity index (χ1v) is 8.00. The minimum atomic E-state index is -0.183. The zero-order valence-electron chi connectivity index (χ0n) is 14.2. The number of ether oxygens (including phenoxy) is 1. The van der Waals surface area contributed by atoms with Crippen molar-refractivity contribution in [1.82, 2.24) is 10.6 Å². The molecule has 0 saturated heterocycles. The molecular formula is C19H24FN3O. The maximum Gasteiger partial charge on any atom is 0.191 e. The van der Waals surface area contributed by atoms with Crippen molar-refractivity contribution in [3.63, 3.8) is 0 Å². The van der Waals surface area contributed by atoms with Gasteiger partial charge in [-0.05, 0) is 29.7 Å². The first-order chi connectivity index (χ1) is 11.7. The Morgan fingerprint density at radius 2 is 1.88 bits per heavy atom. The Morgan fingerprint density at radius 1 is 1.08 bits per heavy atom. The van der Waals surface area contributed by atoms with Gasteiger partial charge >= 0.3 is 0 Å². The van der Waals surface area contributed by atoms with Gasteiger partial charge in [0.05, 0.1) is 13.2 Å². The van der Waals surface area contributed by atoms with E-state index >= 15 is 0 Å². The van der Waals surface area contributed by atoms with Gasteiger partial charge in [0.1, 0.15) is 5.82 Å². The summed E-state index contributed by atoms with van der Waals surface area (Å²) in [4.78, 5) is 4.16. The Kier molecular flexibility index (Phi) is 7.23. The highest BCUT2D eigenvalue weighted by molar-refractivity contribution is 5.79. The number of hydrogen-bond acceptors (Lipinski definition) is 2. The third kappa shape index (κ3) is 6.01. The fourth-order valence-corrected chi connectivity index (χ4v) is 2.23.